The number of anilines is 1. The van der Waals surface area contributed by atoms with E-state index in [0.29, 0.717) is 45.0 Å². The van der Waals surface area contributed by atoms with Crippen LogP contribution in [0.2, 0.25) is 0 Å². The Bertz CT molecular complexity index is 665. The molecular weight excluding hydrogens is 334 g/mol. The molecule has 142 valence electrons. The monoisotopic (exact) mass is 361 g/mol. The first-order chi connectivity index (χ1) is 12.5. The first kappa shape index (κ1) is 17.7. The van der Waals surface area contributed by atoms with E-state index in [9.17, 15) is 9.90 Å². The van der Waals surface area contributed by atoms with Gasteiger partial charge in [0.1, 0.15) is 5.82 Å². The molecule has 0 aromatic carbocycles. The van der Waals surface area contributed by atoms with Gasteiger partial charge in [-0.25, -0.2) is 4.98 Å². The quantitative estimate of drug-likeness (QED) is 0.839. The summed E-state index contributed by atoms with van der Waals surface area (Å²) in [4.78, 5) is 21.4. The Morgan fingerprint density at radius 2 is 2.12 bits per heavy atom. The molecular formula is C19H27N3O4. The van der Waals surface area contributed by atoms with Crippen LogP contribution in [0.5, 0.6) is 0 Å². The predicted octanol–water partition coefficient (Wildman–Crippen LogP) is 0.776. The summed E-state index contributed by atoms with van der Waals surface area (Å²) in [7, 11) is 3.84. The van der Waals surface area contributed by atoms with E-state index in [1.165, 1.54) is 0 Å². The van der Waals surface area contributed by atoms with Crippen LogP contribution in [-0.2, 0) is 9.47 Å². The first-order valence-electron chi connectivity index (χ1n) is 9.33. The van der Waals surface area contributed by atoms with Gasteiger partial charge in [-0.05, 0) is 18.6 Å². The van der Waals surface area contributed by atoms with Crippen molar-refractivity contribution in [1.82, 2.24) is 9.88 Å². The molecule has 26 heavy (non-hydrogen) atoms. The van der Waals surface area contributed by atoms with Gasteiger partial charge in [-0.3, -0.25) is 4.79 Å². The smallest absolute Gasteiger partial charge is 0.255 e. The molecule has 1 amide bonds. The number of piperidine rings is 1. The SMILES string of the molecule is CN(C)c1ccc(C(=O)N2C[C@@H]3COCC[C@]3(O)[C@H]3COCC[C@H]32)cn1. The van der Waals surface area contributed by atoms with Crippen molar-refractivity contribution in [2.45, 2.75) is 24.5 Å². The number of nitrogens with zero attached hydrogens (tertiary/aromatic N) is 3. The van der Waals surface area contributed by atoms with Crippen molar-refractivity contribution >= 4 is 11.7 Å². The van der Waals surface area contributed by atoms with Crippen molar-refractivity contribution in [3.63, 3.8) is 0 Å². The second kappa shape index (κ2) is 6.79. The maximum absolute atomic E-state index is 13.2. The van der Waals surface area contributed by atoms with Gasteiger partial charge in [0.2, 0.25) is 0 Å². The minimum Gasteiger partial charge on any atom is -0.389 e. The van der Waals surface area contributed by atoms with Gasteiger partial charge in [-0.15, -0.1) is 0 Å². The molecule has 0 bridgehead atoms. The average Bonchev–Trinajstić information content (AvgIpc) is 2.67. The summed E-state index contributed by atoms with van der Waals surface area (Å²) in [5.41, 5.74) is -0.212. The number of hydrogen-bond acceptors (Lipinski definition) is 6. The van der Waals surface area contributed by atoms with Crippen molar-refractivity contribution in [2.75, 3.05) is 52.0 Å². The van der Waals surface area contributed by atoms with Crippen LogP contribution >= 0.6 is 0 Å². The lowest BCUT2D eigenvalue weighted by molar-refractivity contribution is -0.212. The largest absolute Gasteiger partial charge is 0.389 e. The van der Waals surface area contributed by atoms with Gasteiger partial charge in [-0.1, -0.05) is 0 Å². The molecule has 0 spiro atoms. The predicted molar refractivity (Wildman–Crippen MR) is 96.2 cm³/mol. The Balaban J connectivity index is 1.61. The van der Waals surface area contributed by atoms with Crippen LogP contribution in [0.4, 0.5) is 5.82 Å². The van der Waals surface area contributed by atoms with Gasteiger partial charge in [0.25, 0.3) is 5.91 Å². The van der Waals surface area contributed by atoms with Crippen molar-refractivity contribution in [3.8, 4) is 0 Å². The van der Waals surface area contributed by atoms with E-state index in [2.05, 4.69) is 4.98 Å². The van der Waals surface area contributed by atoms with Crippen molar-refractivity contribution in [3.05, 3.63) is 23.9 Å². The van der Waals surface area contributed by atoms with Crippen LogP contribution in [0.25, 0.3) is 0 Å². The molecule has 4 heterocycles. The Morgan fingerprint density at radius 1 is 1.31 bits per heavy atom. The lowest BCUT2D eigenvalue weighted by Gasteiger charge is -2.57. The van der Waals surface area contributed by atoms with Crippen LogP contribution < -0.4 is 4.90 Å². The summed E-state index contributed by atoms with van der Waals surface area (Å²) >= 11 is 0. The molecule has 3 aliphatic heterocycles. The summed E-state index contributed by atoms with van der Waals surface area (Å²) in [6.45, 7) is 2.70. The van der Waals surface area contributed by atoms with Gasteiger partial charge in [0, 0.05) is 64.3 Å². The Hall–Kier alpha value is -1.70. The van der Waals surface area contributed by atoms with Crippen LogP contribution in [-0.4, -0.2) is 79.6 Å². The second-order valence-electron chi connectivity index (χ2n) is 7.81. The topological polar surface area (TPSA) is 75.1 Å². The van der Waals surface area contributed by atoms with Crippen LogP contribution in [0.1, 0.15) is 23.2 Å². The van der Waals surface area contributed by atoms with Crippen LogP contribution in [0, 0.1) is 11.8 Å². The van der Waals surface area contributed by atoms with Gasteiger partial charge in [-0.2, -0.15) is 0 Å². The van der Waals surface area contributed by atoms with E-state index in [1.807, 2.05) is 36.0 Å². The molecule has 4 rings (SSSR count). The number of aromatic nitrogens is 1. The van der Waals surface area contributed by atoms with Crippen molar-refractivity contribution in [2.24, 2.45) is 11.8 Å². The summed E-state index contributed by atoms with van der Waals surface area (Å²) in [5.74, 6) is 0.667. The Kier molecular flexibility index (Phi) is 4.62. The molecule has 7 heteroatoms. The van der Waals surface area contributed by atoms with Gasteiger partial charge in [0.05, 0.1) is 24.4 Å². The minimum atomic E-state index is -0.798. The lowest BCUT2D eigenvalue weighted by Crippen LogP contribution is -2.68. The summed E-state index contributed by atoms with van der Waals surface area (Å²) in [6.07, 6.45) is 3.02. The fourth-order valence-corrected chi connectivity index (χ4v) is 4.64. The molecule has 1 aromatic rings. The van der Waals surface area contributed by atoms with E-state index in [-0.39, 0.29) is 23.8 Å². The number of likely N-dealkylation sites (tertiary alicyclic amines) is 1. The molecule has 3 saturated heterocycles. The molecule has 4 atom stereocenters. The molecule has 7 nitrogen and oxygen atoms in total. The highest BCUT2D eigenvalue weighted by Gasteiger charge is 2.56. The van der Waals surface area contributed by atoms with E-state index >= 15 is 0 Å². The number of rotatable bonds is 2. The molecule has 0 radical (unpaired) electrons. The first-order valence-corrected chi connectivity index (χ1v) is 9.33. The van der Waals surface area contributed by atoms with E-state index in [0.717, 1.165) is 12.2 Å². The third kappa shape index (κ3) is 2.88. The third-order valence-corrected chi connectivity index (χ3v) is 6.17. The molecule has 0 saturated carbocycles. The van der Waals surface area contributed by atoms with Gasteiger partial charge >= 0.3 is 0 Å². The standard InChI is InChI=1S/C19H27N3O4/c1-21(2)17-4-3-13(9-20-17)18(23)22-10-14-11-26-8-6-19(14,24)15-12-25-7-5-16(15)22/h3-4,9,14-16,24H,5-8,10-12H2,1-2H3/t14-,15+,16-,19-/m1/s1. The number of ether oxygens (including phenoxy) is 2. The third-order valence-electron chi connectivity index (χ3n) is 6.17. The van der Waals surface area contributed by atoms with Gasteiger partial charge < -0.3 is 24.4 Å². The number of fused-ring (bicyclic) bond motifs is 3. The number of pyridine rings is 1. The number of amides is 1. The van der Waals surface area contributed by atoms with E-state index < -0.39 is 5.60 Å². The molecule has 0 unspecified atom stereocenters. The number of carbonyl (C=O) groups is 1. The summed E-state index contributed by atoms with van der Waals surface area (Å²) in [5, 5.41) is 11.3. The zero-order valence-electron chi connectivity index (χ0n) is 15.4. The van der Waals surface area contributed by atoms with Crippen molar-refractivity contribution in [1.29, 1.82) is 0 Å². The summed E-state index contributed by atoms with van der Waals surface area (Å²) < 4.78 is 11.3. The van der Waals surface area contributed by atoms with Crippen LogP contribution in [0.3, 0.4) is 0 Å². The molecule has 3 aliphatic rings. The minimum absolute atomic E-state index is 0.00382. The van der Waals surface area contributed by atoms with Crippen LogP contribution in [0.15, 0.2) is 18.3 Å². The van der Waals surface area contributed by atoms with Gasteiger partial charge in [0.15, 0.2) is 0 Å². The normalized spacial score (nSPS) is 34.0. The highest BCUT2D eigenvalue weighted by molar-refractivity contribution is 5.94. The second-order valence-corrected chi connectivity index (χ2v) is 7.81. The Labute approximate surface area is 153 Å². The molecule has 1 N–H and O–H groups in total. The maximum Gasteiger partial charge on any atom is 0.255 e. The van der Waals surface area contributed by atoms with E-state index in [4.69, 9.17) is 9.47 Å². The highest BCUT2D eigenvalue weighted by Crippen LogP contribution is 2.44. The fourth-order valence-electron chi connectivity index (χ4n) is 4.64. The van der Waals surface area contributed by atoms with Crippen molar-refractivity contribution < 1.29 is 19.4 Å². The average molecular weight is 361 g/mol. The molecule has 0 aliphatic carbocycles. The molecule has 1 aromatic heterocycles. The number of aliphatic hydroxyl groups is 1. The summed E-state index contributed by atoms with van der Waals surface area (Å²) in [6, 6.07) is 3.69. The number of carbonyl (C=O) groups excluding carboxylic acids is 1. The lowest BCUT2D eigenvalue weighted by atomic mass is 9.66. The van der Waals surface area contributed by atoms with E-state index in [1.54, 1.807) is 6.20 Å². The zero-order chi connectivity index (χ0) is 18.3. The highest BCUT2D eigenvalue weighted by atomic mass is 16.5. The maximum atomic E-state index is 13.2. The molecule has 3 fully saturated rings. The zero-order valence-corrected chi connectivity index (χ0v) is 15.4. The Morgan fingerprint density at radius 3 is 2.85 bits per heavy atom. The fraction of sp³-hybridized carbons (Fsp3) is 0.684. The number of hydrogen-bond donors (Lipinski definition) is 1.